The van der Waals surface area contributed by atoms with E-state index in [0.717, 1.165) is 12.8 Å². The van der Waals surface area contributed by atoms with E-state index in [9.17, 15) is 5.11 Å². The van der Waals surface area contributed by atoms with Crippen LogP contribution in [0.2, 0.25) is 0 Å². The Bertz CT molecular complexity index is 290. The van der Waals surface area contributed by atoms with Gasteiger partial charge in [0.2, 0.25) is 5.79 Å². The van der Waals surface area contributed by atoms with Crippen LogP contribution in [0.4, 0.5) is 0 Å². The third-order valence-electron chi connectivity index (χ3n) is 5.56. The molecule has 3 rings (SSSR count). The molecule has 0 amide bonds. The van der Waals surface area contributed by atoms with Crippen molar-refractivity contribution >= 4 is 0 Å². The van der Waals surface area contributed by atoms with Crippen LogP contribution < -0.4 is 0 Å². The zero-order valence-electron chi connectivity index (χ0n) is 9.75. The molecule has 0 aromatic heterocycles. The van der Waals surface area contributed by atoms with E-state index in [4.69, 9.17) is 9.47 Å². The van der Waals surface area contributed by atoms with Crippen LogP contribution in [0, 0.1) is 16.7 Å². The summed E-state index contributed by atoms with van der Waals surface area (Å²) in [6.07, 6.45) is 1.75. The smallest absolute Gasteiger partial charge is 0.200 e. The first-order valence-electron chi connectivity index (χ1n) is 5.92. The lowest BCUT2D eigenvalue weighted by Gasteiger charge is -2.45. The molecule has 1 heterocycles. The monoisotopic (exact) mass is 212 g/mol. The molecule has 1 spiro atoms. The Balaban J connectivity index is 2.12. The van der Waals surface area contributed by atoms with Gasteiger partial charge < -0.3 is 14.6 Å². The number of hydrogen-bond acceptors (Lipinski definition) is 3. The van der Waals surface area contributed by atoms with Gasteiger partial charge in [0.25, 0.3) is 0 Å². The van der Waals surface area contributed by atoms with E-state index in [1.54, 1.807) is 0 Å². The number of hydrogen-bond donors (Lipinski definition) is 1. The van der Waals surface area contributed by atoms with Gasteiger partial charge in [-0.05, 0) is 24.2 Å². The van der Waals surface area contributed by atoms with Crippen molar-refractivity contribution in [1.82, 2.24) is 0 Å². The normalized spacial score (nSPS) is 50.4. The Morgan fingerprint density at radius 1 is 1.13 bits per heavy atom. The number of aliphatic hydroxyl groups excluding tert-OH is 1. The molecule has 3 nitrogen and oxygen atoms in total. The Labute approximate surface area is 90.8 Å². The minimum atomic E-state index is -0.709. The van der Waals surface area contributed by atoms with Crippen LogP contribution in [-0.2, 0) is 9.47 Å². The summed E-state index contributed by atoms with van der Waals surface area (Å²) in [7, 11) is 0. The van der Waals surface area contributed by atoms with Crippen LogP contribution in [0.1, 0.15) is 33.6 Å². The van der Waals surface area contributed by atoms with Crippen molar-refractivity contribution < 1.29 is 14.6 Å². The van der Waals surface area contributed by atoms with Gasteiger partial charge in [-0.2, -0.15) is 0 Å². The van der Waals surface area contributed by atoms with Crippen molar-refractivity contribution in [1.29, 1.82) is 0 Å². The van der Waals surface area contributed by atoms with Crippen LogP contribution in [0.15, 0.2) is 0 Å². The summed E-state index contributed by atoms with van der Waals surface area (Å²) in [5, 5.41) is 10.4. The van der Waals surface area contributed by atoms with E-state index in [2.05, 4.69) is 20.8 Å². The first kappa shape index (κ1) is 10.1. The van der Waals surface area contributed by atoms with Gasteiger partial charge >= 0.3 is 0 Å². The summed E-state index contributed by atoms with van der Waals surface area (Å²) in [5.41, 5.74) is 0.0668. The second-order valence-electron chi connectivity index (χ2n) is 6.01. The molecule has 0 radical (unpaired) electrons. The molecule has 2 saturated carbocycles. The Kier molecular flexibility index (Phi) is 1.73. The third kappa shape index (κ3) is 0.820. The van der Waals surface area contributed by atoms with E-state index >= 15 is 0 Å². The van der Waals surface area contributed by atoms with Crippen molar-refractivity contribution in [3.63, 3.8) is 0 Å². The number of ether oxygens (including phenoxy) is 2. The predicted molar refractivity (Wildman–Crippen MR) is 55.3 cm³/mol. The van der Waals surface area contributed by atoms with Gasteiger partial charge in [-0.3, -0.25) is 0 Å². The zero-order chi connectivity index (χ0) is 10.9. The standard InChI is InChI=1S/C12H20O3/c1-10(2)8-4-5-11(10,3)12(9(8)13)14-6-7-15-12/h8-9,13H,4-7H2,1-3H3/t8-,9-,11-/m1/s1. The molecule has 1 N–H and O–H groups in total. The topological polar surface area (TPSA) is 38.7 Å². The summed E-state index contributed by atoms with van der Waals surface area (Å²) in [4.78, 5) is 0. The molecule has 0 aromatic rings. The highest BCUT2D eigenvalue weighted by molar-refractivity contribution is 5.20. The van der Waals surface area contributed by atoms with E-state index in [1.807, 2.05) is 0 Å². The first-order valence-corrected chi connectivity index (χ1v) is 5.92. The summed E-state index contributed by atoms with van der Waals surface area (Å²) in [6.45, 7) is 7.95. The molecular weight excluding hydrogens is 192 g/mol. The summed E-state index contributed by atoms with van der Waals surface area (Å²) in [5.74, 6) is -0.389. The average molecular weight is 212 g/mol. The molecule has 0 aromatic carbocycles. The lowest BCUT2D eigenvalue weighted by atomic mass is 9.68. The maximum atomic E-state index is 10.4. The number of aliphatic hydroxyl groups is 1. The highest BCUT2D eigenvalue weighted by atomic mass is 16.8. The van der Waals surface area contributed by atoms with Gasteiger partial charge in [0, 0.05) is 5.41 Å². The molecule has 3 heteroatoms. The lowest BCUT2D eigenvalue weighted by Crippen LogP contribution is -2.54. The van der Waals surface area contributed by atoms with Crippen molar-refractivity contribution in [3.8, 4) is 0 Å². The second-order valence-corrected chi connectivity index (χ2v) is 6.01. The van der Waals surface area contributed by atoms with Crippen LogP contribution in [0.3, 0.4) is 0 Å². The Hall–Kier alpha value is -0.120. The molecule has 2 bridgehead atoms. The van der Waals surface area contributed by atoms with Crippen molar-refractivity contribution in [3.05, 3.63) is 0 Å². The SMILES string of the molecule is CC1(C)[C@@H]2CC[C@@]1(C)C1(OCCO1)[C@@H]2O. The Morgan fingerprint density at radius 2 is 1.73 bits per heavy atom. The second kappa shape index (κ2) is 2.58. The van der Waals surface area contributed by atoms with Gasteiger partial charge in [0.1, 0.15) is 6.10 Å². The van der Waals surface area contributed by atoms with Crippen LogP contribution in [-0.4, -0.2) is 30.2 Å². The first-order chi connectivity index (χ1) is 6.96. The van der Waals surface area contributed by atoms with E-state index in [0.29, 0.717) is 19.1 Å². The number of rotatable bonds is 0. The summed E-state index contributed by atoms with van der Waals surface area (Å²) < 4.78 is 11.6. The van der Waals surface area contributed by atoms with Crippen molar-refractivity contribution in [2.45, 2.75) is 45.5 Å². The summed E-state index contributed by atoms with van der Waals surface area (Å²) in [6, 6.07) is 0. The highest BCUT2D eigenvalue weighted by Gasteiger charge is 2.76. The minimum absolute atomic E-state index is 0.0411. The molecular formula is C12H20O3. The molecule has 15 heavy (non-hydrogen) atoms. The van der Waals surface area contributed by atoms with Crippen LogP contribution >= 0.6 is 0 Å². The van der Waals surface area contributed by atoms with Crippen LogP contribution in [0.25, 0.3) is 0 Å². The van der Waals surface area contributed by atoms with Gasteiger partial charge in [0.05, 0.1) is 13.2 Å². The minimum Gasteiger partial charge on any atom is -0.387 e. The maximum Gasteiger partial charge on any atom is 0.200 e. The van der Waals surface area contributed by atoms with Gasteiger partial charge in [-0.1, -0.05) is 20.8 Å². The van der Waals surface area contributed by atoms with Crippen LogP contribution in [0.5, 0.6) is 0 Å². The molecule has 3 aliphatic rings. The predicted octanol–water partition coefficient (Wildman–Crippen LogP) is 1.55. The fourth-order valence-electron chi connectivity index (χ4n) is 4.22. The zero-order valence-corrected chi connectivity index (χ0v) is 9.75. The summed E-state index contributed by atoms with van der Waals surface area (Å²) >= 11 is 0. The van der Waals surface area contributed by atoms with Crippen molar-refractivity contribution in [2.24, 2.45) is 16.7 Å². The third-order valence-corrected chi connectivity index (χ3v) is 5.56. The molecule has 0 unspecified atom stereocenters. The average Bonchev–Trinajstić information content (AvgIpc) is 2.74. The Morgan fingerprint density at radius 3 is 2.20 bits per heavy atom. The molecule has 86 valence electrons. The van der Waals surface area contributed by atoms with Gasteiger partial charge in [-0.25, -0.2) is 0 Å². The van der Waals surface area contributed by atoms with Crippen molar-refractivity contribution in [2.75, 3.05) is 13.2 Å². The molecule has 3 fully saturated rings. The fraction of sp³-hybridized carbons (Fsp3) is 1.00. The van der Waals surface area contributed by atoms with E-state index in [-0.39, 0.29) is 10.8 Å². The molecule has 2 aliphatic carbocycles. The molecule has 1 aliphatic heterocycles. The van der Waals surface area contributed by atoms with Gasteiger partial charge in [-0.15, -0.1) is 0 Å². The van der Waals surface area contributed by atoms with E-state index in [1.165, 1.54) is 0 Å². The molecule has 3 atom stereocenters. The van der Waals surface area contributed by atoms with E-state index < -0.39 is 11.9 Å². The molecule has 1 saturated heterocycles. The largest absolute Gasteiger partial charge is 0.387 e. The maximum absolute atomic E-state index is 10.4. The quantitative estimate of drug-likeness (QED) is 0.662. The lowest BCUT2D eigenvalue weighted by molar-refractivity contribution is -0.277. The highest BCUT2D eigenvalue weighted by Crippen LogP contribution is 2.71. The van der Waals surface area contributed by atoms with Gasteiger partial charge in [0.15, 0.2) is 0 Å². The number of fused-ring (bicyclic) bond motifs is 3. The fourth-order valence-corrected chi connectivity index (χ4v) is 4.22.